The van der Waals surface area contributed by atoms with Crippen molar-refractivity contribution < 1.29 is 9.53 Å². The number of fused-ring (bicyclic) bond motifs is 1. The van der Waals surface area contributed by atoms with Crippen molar-refractivity contribution in [2.24, 2.45) is 5.92 Å². The SMILES string of the molecule is O=C1CCc2c(OCCCN3CCC(Cc4ccccc4)CC3)ccc(Br)c2N1. The van der Waals surface area contributed by atoms with E-state index in [0.29, 0.717) is 13.0 Å². The molecule has 1 saturated heterocycles. The van der Waals surface area contributed by atoms with E-state index in [1.165, 1.54) is 37.9 Å². The van der Waals surface area contributed by atoms with Gasteiger partial charge in [0.1, 0.15) is 5.75 Å². The van der Waals surface area contributed by atoms with Crippen LogP contribution < -0.4 is 10.1 Å². The number of anilines is 1. The molecule has 4 rings (SSSR count). The van der Waals surface area contributed by atoms with Gasteiger partial charge in [-0.1, -0.05) is 30.3 Å². The highest BCUT2D eigenvalue weighted by molar-refractivity contribution is 9.10. The molecule has 0 aromatic heterocycles. The van der Waals surface area contributed by atoms with Gasteiger partial charge in [0.05, 0.1) is 12.3 Å². The Balaban J connectivity index is 1.19. The number of nitrogens with one attached hydrogen (secondary N) is 1. The van der Waals surface area contributed by atoms with Gasteiger partial charge >= 0.3 is 0 Å². The molecule has 29 heavy (non-hydrogen) atoms. The molecule has 4 nitrogen and oxygen atoms in total. The largest absolute Gasteiger partial charge is 0.493 e. The number of likely N-dealkylation sites (tertiary alicyclic amines) is 1. The highest BCUT2D eigenvalue weighted by Crippen LogP contribution is 2.37. The third-order valence-corrected chi connectivity index (χ3v) is 6.70. The number of nitrogens with zero attached hydrogens (tertiary/aromatic N) is 1. The third kappa shape index (κ3) is 5.40. The lowest BCUT2D eigenvalue weighted by atomic mass is 9.90. The number of carbonyl (C=O) groups excluding carboxylic acids is 1. The maximum atomic E-state index is 11.7. The van der Waals surface area contributed by atoms with Crippen molar-refractivity contribution in [3.8, 4) is 5.75 Å². The summed E-state index contributed by atoms with van der Waals surface area (Å²) in [5.41, 5.74) is 3.45. The lowest BCUT2D eigenvalue weighted by molar-refractivity contribution is -0.116. The number of hydrogen-bond donors (Lipinski definition) is 1. The van der Waals surface area contributed by atoms with E-state index in [4.69, 9.17) is 4.74 Å². The van der Waals surface area contributed by atoms with Gasteiger partial charge in [0.15, 0.2) is 0 Å². The summed E-state index contributed by atoms with van der Waals surface area (Å²) in [5.74, 6) is 1.80. The second kappa shape index (κ2) is 9.77. The molecule has 2 aromatic rings. The fourth-order valence-electron chi connectivity index (χ4n) is 4.39. The predicted molar refractivity (Wildman–Crippen MR) is 121 cm³/mol. The topological polar surface area (TPSA) is 41.6 Å². The van der Waals surface area contributed by atoms with Crippen LogP contribution in [0.15, 0.2) is 46.9 Å². The van der Waals surface area contributed by atoms with Crippen LogP contribution in [0.1, 0.15) is 36.8 Å². The van der Waals surface area contributed by atoms with E-state index in [-0.39, 0.29) is 5.91 Å². The zero-order chi connectivity index (χ0) is 20.1. The normalized spacial score (nSPS) is 17.6. The monoisotopic (exact) mass is 456 g/mol. The molecule has 0 radical (unpaired) electrons. The molecule has 2 aliphatic rings. The van der Waals surface area contributed by atoms with Crippen LogP contribution in [0.3, 0.4) is 0 Å². The van der Waals surface area contributed by atoms with Gasteiger partial charge in [0, 0.05) is 23.0 Å². The van der Waals surface area contributed by atoms with E-state index < -0.39 is 0 Å². The number of hydrogen-bond acceptors (Lipinski definition) is 3. The predicted octanol–water partition coefficient (Wildman–Crippen LogP) is 5.06. The lowest BCUT2D eigenvalue weighted by Gasteiger charge is -2.32. The number of ether oxygens (including phenoxy) is 1. The highest BCUT2D eigenvalue weighted by atomic mass is 79.9. The number of carbonyl (C=O) groups is 1. The van der Waals surface area contributed by atoms with Gasteiger partial charge in [-0.05, 0) is 84.7 Å². The molecule has 1 N–H and O–H groups in total. The first-order chi connectivity index (χ1) is 14.2. The average molecular weight is 457 g/mol. The van der Waals surface area contributed by atoms with Crippen molar-refractivity contribution in [2.45, 2.75) is 38.5 Å². The van der Waals surface area contributed by atoms with Gasteiger partial charge in [-0.3, -0.25) is 4.79 Å². The van der Waals surface area contributed by atoms with Crippen LogP contribution in [0.2, 0.25) is 0 Å². The molecule has 0 saturated carbocycles. The average Bonchev–Trinajstić information content (AvgIpc) is 2.75. The van der Waals surface area contributed by atoms with Crippen molar-refractivity contribution in [3.05, 3.63) is 58.1 Å². The summed E-state index contributed by atoms with van der Waals surface area (Å²) >= 11 is 3.53. The van der Waals surface area contributed by atoms with Crippen molar-refractivity contribution in [1.82, 2.24) is 4.90 Å². The minimum absolute atomic E-state index is 0.0750. The maximum Gasteiger partial charge on any atom is 0.224 e. The molecular formula is C24H29BrN2O2. The van der Waals surface area contributed by atoms with E-state index >= 15 is 0 Å². The van der Waals surface area contributed by atoms with Gasteiger partial charge in [-0.2, -0.15) is 0 Å². The number of benzene rings is 2. The van der Waals surface area contributed by atoms with Crippen LogP contribution in [0.25, 0.3) is 0 Å². The first-order valence-electron chi connectivity index (χ1n) is 10.7. The molecule has 1 amide bonds. The summed E-state index contributed by atoms with van der Waals surface area (Å²) in [5, 5.41) is 2.96. The molecule has 0 spiro atoms. The maximum absolute atomic E-state index is 11.7. The van der Waals surface area contributed by atoms with Crippen LogP contribution in [0.5, 0.6) is 5.75 Å². The van der Waals surface area contributed by atoms with Crippen molar-refractivity contribution >= 4 is 27.5 Å². The Kier molecular flexibility index (Phi) is 6.88. The van der Waals surface area contributed by atoms with E-state index in [9.17, 15) is 4.79 Å². The van der Waals surface area contributed by atoms with Crippen molar-refractivity contribution in [1.29, 1.82) is 0 Å². The molecule has 5 heteroatoms. The van der Waals surface area contributed by atoms with Crippen molar-refractivity contribution in [2.75, 3.05) is 31.6 Å². The molecule has 0 bridgehead atoms. The standard InChI is InChI=1S/C24H29BrN2O2/c25-21-8-9-22(20-7-10-23(28)26-24(20)21)29-16-4-13-27-14-11-19(12-15-27)17-18-5-2-1-3-6-18/h1-3,5-6,8-9,19H,4,7,10-17H2,(H,26,28). The summed E-state index contributed by atoms with van der Waals surface area (Å²) < 4.78 is 7.01. The quantitative estimate of drug-likeness (QED) is 0.592. The molecule has 0 unspecified atom stereocenters. The molecule has 2 heterocycles. The summed E-state index contributed by atoms with van der Waals surface area (Å²) in [6, 6.07) is 14.8. The summed E-state index contributed by atoms with van der Waals surface area (Å²) in [4.78, 5) is 14.2. The van der Waals surface area contributed by atoms with Crippen LogP contribution in [0.4, 0.5) is 5.69 Å². The van der Waals surface area contributed by atoms with E-state index in [0.717, 1.165) is 46.8 Å². The highest BCUT2D eigenvalue weighted by Gasteiger charge is 2.22. The smallest absolute Gasteiger partial charge is 0.224 e. The first-order valence-corrected chi connectivity index (χ1v) is 11.5. The Morgan fingerprint density at radius 2 is 1.86 bits per heavy atom. The molecule has 0 atom stereocenters. The zero-order valence-corrected chi connectivity index (χ0v) is 18.4. The van der Waals surface area contributed by atoms with Gasteiger partial charge < -0.3 is 15.0 Å². The van der Waals surface area contributed by atoms with Gasteiger partial charge in [0.25, 0.3) is 0 Å². The minimum atomic E-state index is 0.0750. The van der Waals surface area contributed by atoms with Gasteiger partial charge in [-0.15, -0.1) is 0 Å². The van der Waals surface area contributed by atoms with Crippen LogP contribution in [0, 0.1) is 5.92 Å². The van der Waals surface area contributed by atoms with Gasteiger partial charge in [0.2, 0.25) is 5.91 Å². The second-order valence-electron chi connectivity index (χ2n) is 8.12. The van der Waals surface area contributed by atoms with Crippen LogP contribution in [-0.4, -0.2) is 37.0 Å². The van der Waals surface area contributed by atoms with E-state index in [1.54, 1.807) is 0 Å². The molecule has 2 aromatic carbocycles. The van der Waals surface area contributed by atoms with E-state index in [1.807, 2.05) is 12.1 Å². The van der Waals surface area contributed by atoms with Gasteiger partial charge in [-0.25, -0.2) is 0 Å². The number of halogens is 1. The molecule has 0 aliphatic carbocycles. The Morgan fingerprint density at radius 3 is 2.66 bits per heavy atom. The number of rotatable bonds is 7. The minimum Gasteiger partial charge on any atom is -0.493 e. The fourth-order valence-corrected chi connectivity index (χ4v) is 4.86. The van der Waals surface area contributed by atoms with Crippen molar-refractivity contribution in [3.63, 3.8) is 0 Å². The van der Waals surface area contributed by atoms with Crippen LogP contribution >= 0.6 is 15.9 Å². The summed E-state index contributed by atoms with van der Waals surface area (Å²) in [6.07, 6.45) is 6.08. The summed E-state index contributed by atoms with van der Waals surface area (Å²) in [6.45, 7) is 4.19. The zero-order valence-electron chi connectivity index (χ0n) is 16.8. The number of amides is 1. The van der Waals surface area contributed by atoms with Crippen LogP contribution in [-0.2, 0) is 17.6 Å². The Morgan fingerprint density at radius 1 is 1.07 bits per heavy atom. The molecule has 2 aliphatic heterocycles. The molecule has 154 valence electrons. The Hall–Kier alpha value is -1.85. The Labute approximate surface area is 181 Å². The van der Waals surface area contributed by atoms with E-state index in [2.05, 4.69) is 56.5 Å². The number of piperidine rings is 1. The molecule has 1 fully saturated rings. The second-order valence-corrected chi connectivity index (χ2v) is 8.98. The third-order valence-electron chi connectivity index (χ3n) is 6.04. The fraction of sp³-hybridized carbons (Fsp3) is 0.458. The molecular weight excluding hydrogens is 428 g/mol. The lowest BCUT2D eigenvalue weighted by Crippen LogP contribution is -2.35. The summed E-state index contributed by atoms with van der Waals surface area (Å²) in [7, 11) is 0. The Bertz CT molecular complexity index is 832. The first kappa shape index (κ1) is 20.4.